The minimum absolute atomic E-state index is 0.167. The normalized spacial score (nSPS) is 26.4. The number of aliphatic hydroxyl groups is 2. The first-order valence-corrected chi connectivity index (χ1v) is 15.6. The summed E-state index contributed by atoms with van der Waals surface area (Å²) in [7, 11) is -4.40. The van der Waals surface area contributed by atoms with Gasteiger partial charge in [-0.2, -0.15) is 10.2 Å². The number of benzene rings is 1. The molecule has 6 atom stereocenters. The predicted molar refractivity (Wildman–Crippen MR) is 153 cm³/mol. The first-order valence-electron chi connectivity index (χ1n) is 14.1. The number of rotatable bonds is 11. The van der Waals surface area contributed by atoms with Crippen LogP contribution in [0.3, 0.4) is 0 Å². The third-order valence-electron chi connectivity index (χ3n) is 7.72. The van der Waals surface area contributed by atoms with Crippen LogP contribution >= 0.6 is 7.75 Å². The molecule has 0 spiro atoms. The summed E-state index contributed by atoms with van der Waals surface area (Å²) in [5, 5.41) is 28.6. The van der Waals surface area contributed by atoms with Crippen LogP contribution in [0.25, 0.3) is 10.4 Å². The summed E-state index contributed by atoms with van der Waals surface area (Å²) in [5.41, 5.74) is 4.46. The van der Waals surface area contributed by atoms with Crippen molar-refractivity contribution in [3.63, 3.8) is 0 Å². The highest BCUT2D eigenvalue weighted by Gasteiger charge is 2.62. The smallest absolute Gasteiger partial charge is 0.459 e. The number of para-hydroxylation sites is 1. The minimum atomic E-state index is -4.40. The number of aliphatic hydroxyl groups excluding tert-OH is 2. The van der Waals surface area contributed by atoms with Crippen LogP contribution in [-0.2, 0) is 23.4 Å². The fourth-order valence-electron chi connectivity index (χ4n) is 5.32. The van der Waals surface area contributed by atoms with Crippen LogP contribution in [0.5, 0.6) is 5.75 Å². The monoisotopic (exact) mass is 614 g/mol. The van der Waals surface area contributed by atoms with Gasteiger partial charge in [-0.3, -0.25) is 18.9 Å². The van der Waals surface area contributed by atoms with E-state index in [1.165, 1.54) is 24.2 Å². The van der Waals surface area contributed by atoms with Crippen molar-refractivity contribution in [2.24, 2.45) is 5.92 Å². The molecule has 2 fully saturated rings. The van der Waals surface area contributed by atoms with E-state index in [0.717, 1.165) is 25.7 Å². The van der Waals surface area contributed by atoms with E-state index in [4.69, 9.17) is 30.8 Å². The van der Waals surface area contributed by atoms with E-state index in [9.17, 15) is 19.6 Å². The van der Waals surface area contributed by atoms with Crippen LogP contribution in [0.15, 0.2) is 48.8 Å². The van der Waals surface area contributed by atoms with Crippen LogP contribution in [0.4, 0.5) is 5.82 Å². The van der Waals surface area contributed by atoms with Gasteiger partial charge in [-0.05, 0) is 49.9 Å². The van der Waals surface area contributed by atoms with Gasteiger partial charge in [-0.1, -0.05) is 37.5 Å². The van der Waals surface area contributed by atoms with E-state index < -0.39 is 50.4 Å². The molecule has 1 aliphatic heterocycles. The first kappa shape index (κ1) is 30.9. The van der Waals surface area contributed by atoms with Gasteiger partial charge < -0.3 is 25.2 Å². The third-order valence-corrected chi connectivity index (χ3v) is 9.34. The van der Waals surface area contributed by atoms with Crippen LogP contribution in [0, 0.1) is 12.5 Å². The van der Waals surface area contributed by atoms with Gasteiger partial charge >= 0.3 is 19.4 Å². The number of esters is 1. The average molecular weight is 615 g/mol. The summed E-state index contributed by atoms with van der Waals surface area (Å²) in [6.45, 7) is 8.79. The number of hydrogen-bond acceptors (Lipinski definition) is 11. The summed E-state index contributed by atoms with van der Waals surface area (Å²) >= 11 is 0. The van der Waals surface area contributed by atoms with Gasteiger partial charge in [0, 0.05) is 0 Å². The highest BCUT2D eigenvalue weighted by atomic mass is 31.2. The van der Waals surface area contributed by atoms with Gasteiger partial charge in [0.05, 0.1) is 12.3 Å². The van der Waals surface area contributed by atoms with Gasteiger partial charge in [-0.15, -0.1) is 0 Å². The first-order chi connectivity index (χ1) is 20.6. The van der Waals surface area contributed by atoms with Crippen LogP contribution in [0.1, 0.15) is 50.8 Å². The Bertz CT molecular complexity index is 1510. The number of nitrogen functional groups attached to an aromatic ring is 1. The minimum Gasteiger partial charge on any atom is -0.464 e. The van der Waals surface area contributed by atoms with E-state index in [1.54, 1.807) is 42.5 Å². The molecule has 2 aliphatic rings. The fraction of sp³-hybridized carbons (Fsp3) is 0.500. The van der Waals surface area contributed by atoms with Crippen molar-refractivity contribution in [2.75, 3.05) is 18.9 Å². The Kier molecular flexibility index (Phi) is 9.31. The Hall–Kier alpha value is -3.57. The number of nitrogens with one attached hydrogen (secondary N) is 1. The van der Waals surface area contributed by atoms with Crippen molar-refractivity contribution in [2.45, 2.75) is 69.1 Å². The second-order valence-electron chi connectivity index (χ2n) is 10.8. The highest BCUT2D eigenvalue weighted by molar-refractivity contribution is 7.52. The van der Waals surface area contributed by atoms with Crippen molar-refractivity contribution >= 4 is 25.1 Å². The molecule has 3 heterocycles. The Morgan fingerprint density at radius 3 is 2.72 bits per heavy atom. The number of fused-ring (bicyclic) bond motifs is 1. The Labute approximate surface area is 248 Å². The SMILES string of the molecule is [C-]#[N+][C@]1(CO[P@@](=O)(N[C@@H](C)C(=O)OCC2CCCCC2)Oc2ccccc2)O[C@@H](c2ccc3c(N)ncnn23)[C@H](O)[C@@H]1O. The molecule has 1 aliphatic carbocycles. The summed E-state index contributed by atoms with van der Waals surface area (Å²) in [6, 6.07) is 10.2. The molecule has 230 valence electrons. The lowest BCUT2D eigenvalue weighted by molar-refractivity contribution is -0.147. The molecule has 0 radical (unpaired) electrons. The molecule has 0 bridgehead atoms. The van der Waals surface area contributed by atoms with Gasteiger partial charge in [-0.25, -0.2) is 20.6 Å². The third kappa shape index (κ3) is 6.67. The zero-order valence-electron chi connectivity index (χ0n) is 23.6. The summed E-state index contributed by atoms with van der Waals surface area (Å²) in [4.78, 5) is 20.2. The van der Waals surface area contributed by atoms with Crippen molar-refractivity contribution in [1.82, 2.24) is 19.7 Å². The number of nitrogens with zero attached hydrogens (tertiary/aromatic N) is 4. The van der Waals surface area contributed by atoms with E-state index in [2.05, 4.69) is 20.0 Å². The predicted octanol–water partition coefficient (Wildman–Crippen LogP) is 3.03. The zero-order valence-corrected chi connectivity index (χ0v) is 24.5. The average Bonchev–Trinajstić information content (AvgIpc) is 3.55. The molecule has 14 nitrogen and oxygen atoms in total. The number of aromatic nitrogens is 3. The number of ether oxygens (including phenoxy) is 2. The highest BCUT2D eigenvalue weighted by Crippen LogP contribution is 2.49. The zero-order chi connectivity index (χ0) is 30.6. The largest absolute Gasteiger partial charge is 0.464 e. The molecule has 1 aromatic carbocycles. The van der Waals surface area contributed by atoms with E-state index >= 15 is 0 Å². The molecular weight excluding hydrogens is 579 g/mol. The molecule has 0 unspecified atom stereocenters. The van der Waals surface area contributed by atoms with Gasteiger partial charge in [0.25, 0.3) is 0 Å². The van der Waals surface area contributed by atoms with E-state index in [0.29, 0.717) is 11.2 Å². The van der Waals surface area contributed by atoms with Gasteiger partial charge in [0.2, 0.25) is 0 Å². The van der Waals surface area contributed by atoms with Gasteiger partial charge in [0.15, 0.2) is 18.5 Å². The molecule has 3 aromatic rings. The molecule has 0 amide bonds. The van der Waals surface area contributed by atoms with E-state index in [1.807, 2.05) is 0 Å². The van der Waals surface area contributed by atoms with Crippen molar-refractivity contribution in [1.29, 1.82) is 0 Å². The molecule has 2 aromatic heterocycles. The van der Waals surface area contributed by atoms with Crippen molar-refractivity contribution in [3.05, 3.63) is 65.9 Å². The lowest BCUT2D eigenvalue weighted by atomic mass is 9.90. The number of carbonyl (C=O) groups excluding carboxylic acids is 1. The standard InChI is InChI=1S/C28H35N6O8P/c1-18(27(37)39-15-19-9-5-3-6-10-19)33-43(38,42-20-11-7-4-8-12-20)40-16-28(30-2)25(36)23(35)24(41-28)21-13-14-22-26(29)31-17-32-34(21)22/h4,7-8,11-14,17-19,23-25,35-36H,3,5-6,9-10,15-16H2,1H3,(H,33,38)(H2,29,31,32)/t18-,23-,24-,25-,28+,43-/m0/s1. The van der Waals surface area contributed by atoms with Crippen molar-refractivity contribution < 1.29 is 38.1 Å². The van der Waals surface area contributed by atoms with Crippen LogP contribution in [0.2, 0.25) is 0 Å². The molecule has 15 heteroatoms. The quantitative estimate of drug-likeness (QED) is 0.141. The molecule has 5 N–H and O–H groups in total. The molecule has 1 saturated heterocycles. The topological polar surface area (TPSA) is 184 Å². The number of anilines is 1. The number of hydrogen-bond donors (Lipinski definition) is 4. The Balaban J connectivity index is 1.33. The molecule has 5 rings (SSSR count). The maximum atomic E-state index is 14.0. The van der Waals surface area contributed by atoms with Crippen LogP contribution in [-0.4, -0.2) is 68.0 Å². The Morgan fingerprint density at radius 2 is 2.00 bits per heavy atom. The lowest BCUT2D eigenvalue weighted by Crippen LogP contribution is -2.45. The summed E-state index contributed by atoms with van der Waals surface area (Å²) in [6.07, 6.45) is 1.98. The second kappa shape index (κ2) is 13.0. The maximum Gasteiger partial charge on any atom is 0.459 e. The molecule has 1 saturated carbocycles. The molecule has 43 heavy (non-hydrogen) atoms. The van der Waals surface area contributed by atoms with Gasteiger partial charge in [0.1, 0.15) is 35.8 Å². The molecular formula is C28H35N6O8P. The number of carbonyl (C=O) groups is 1. The second-order valence-corrected chi connectivity index (χ2v) is 12.5. The summed E-state index contributed by atoms with van der Waals surface area (Å²) in [5.74, 6) is -0.000722. The van der Waals surface area contributed by atoms with E-state index in [-0.39, 0.29) is 24.1 Å². The summed E-state index contributed by atoms with van der Waals surface area (Å²) < 4.78 is 38.2. The maximum absolute atomic E-state index is 14.0. The fourth-order valence-corrected chi connectivity index (χ4v) is 6.83. The Morgan fingerprint density at radius 1 is 1.26 bits per heavy atom. The van der Waals surface area contributed by atoms with Crippen LogP contribution < -0.4 is 15.3 Å². The lowest BCUT2D eigenvalue weighted by Gasteiger charge is -2.26. The van der Waals surface area contributed by atoms with Crippen molar-refractivity contribution in [3.8, 4) is 5.75 Å². The number of nitrogens with two attached hydrogens (primary N) is 1.